The van der Waals surface area contributed by atoms with Gasteiger partial charge >= 0.3 is 0 Å². The molecule has 2 nitrogen and oxygen atoms in total. The van der Waals surface area contributed by atoms with Crippen molar-refractivity contribution < 1.29 is 0 Å². The minimum atomic E-state index is 0.0612. The van der Waals surface area contributed by atoms with E-state index in [4.69, 9.17) is 4.98 Å². The van der Waals surface area contributed by atoms with Gasteiger partial charge in [-0.15, -0.1) is 0 Å². The van der Waals surface area contributed by atoms with Crippen LogP contribution in [0.5, 0.6) is 0 Å². The fourth-order valence-electron chi connectivity index (χ4n) is 4.00. The Morgan fingerprint density at radius 2 is 1.15 bits per heavy atom. The maximum absolute atomic E-state index is 5.04. The average molecular weight is 435 g/mol. The molecule has 33 heavy (non-hydrogen) atoms. The Kier molecular flexibility index (Phi) is 5.97. The summed E-state index contributed by atoms with van der Waals surface area (Å²) in [7, 11) is 0. The van der Waals surface area contributed by atoms with E-state index in [2.05, 4.69) is 108 Å². The number of nitrogens with zero attached hydrogens (tertiary/aromatic N) is 2. The van der Waals surface area contributed by atoms with Crippen LogP contribution in [-0.4, -0.2) is 9.97 Å². The van der Waals surface area contributed by atoms with E-state index in [1.165, 1.54) is 27.8 Å². The van der Waals surface area contributed by atoms with Crippen LogP contribution in [0.4, 0.5) is 0 Å². The van der Waals surface area contributed by atoms with Crippen molar-refractivity contribution in [3.63, 3.8) is 0 Å². The number of aryl methyl sites for hydroxylation is 1. The molecule has 0 amide bonds. The molecule has 0 unspecified atom stereocenters. The Balaban J connectivity index is 1.99. The number of rotatable bonds is 3. The van der Waals surface area contributed by atoms with E-state index in [0.717, 1.165) is 22.6 Å². The SMILES string of the molecule is Cc1ccccc1-c1cc(-c2cc(C(C)(C)C)cc(C(C)(C)C)c2)cc(-c2ccccn2)n1. The monoisotopic (exact) mass is 434 g/mol. The Morgan fingerprint density at radius 3 is 1.73 bits per heavy atom. The predicted octanol–water partition coefficient (Wildman–Crippen LogP) is 8.38. The van der Waals surface area contributed by atoms with Crippen molar-refractivity contribution in [2.45, 2.75) is 59.3 Å². The van der Waals surface area contributed by atoms with Crippen molar-refractivity contribution in [3.05, 3.63) is 95.7 Å². The van der Waals surface area contributed by atoms with Gasteiger partial charge in [0.05, 0.1) is 17.1 Å². The predicted molar refractivity (Wildman–Crippen MR) is 140 cm³/mol. The summed E-state index contributed by atoms with van der Waals surface area (Å²) in [6, 6.07) is 25.9. The zero-order valence-electron chi connectivity index (χ0n) is 20.9. The van der Waals surface area contributed by atoms with E-state index in [1.54, 1.807) is 0 Å². The van der Waals surface area contributed by atoms with Gasteiger partial charge in [-0.25, -0.2) is 4.98 Å². The molecule has 0 saturated carbocycles. The molecule has 0 atom stereocenters. The van der Waals surface area contributed by atoms with Gasteiger partial charge in [-0.2, -0.15) is 0 Å². The zero-order chi connectivity index (χ0) is 23.8. The van der Waals surface area contributed by atoms with Crippen LogP contribution >= 0.6 is 0 Å². The third kappa shape index (κ3) is 5.06. The zero-order valence-corrected chi connectivity index (χ0v) is 20.9. The second-order valence-corrected chi connectivity index (χ2v) is 11.0. The van der Waals surface area contributed by atoms with Gasteiger partial charge in [-0.3, -0.25) is 4.98 Å². The molecule has 0 aliphatic carbocycles. The van der Waals surface area contributed by atoms with Crippen molar-refractivity contribution >= 4 is 0 Å². The van der Waals surface area contributed by atoms with Crippen LogP contribution in [0.25, 0.3) is 33.8 Å². The van der Waals surface area contributed by atoms with Crippen molar-refractivity contribution in [2.75, 3.05) is 0 Å². The first-order chi connectivity index (χ1) is 15.5. The number of hydrogen-bond acceptors (Lipinski definition) is 2. The van der Waals surface area contributed by atoms with E-state index < -0.39 is 0 Å². The third-order valence-corrected chi connectivity index (χ3v) is 6.17. The highest BCUT2D eigenvalue weighted by Gasteiger charge is 2.21. The van der Waals surface area contributed by atoms with E-state index >= 15 is 0 Å². The normalized spacial score (nSPS) is 12.1. The highest BCUT2D eigenvalue weighted by molar-refractivity contribution is 5.77. The summed E-state index contributed by atoms with van der Waals surface area (Å²) in [6.07, 6.45) is 1.83. The highest BCUT2D eigenvalue weighted by atomic mass is 14.8. The standard InChI is InChI=1S/C31H34N2/c1-21-12-8-9-13-26(21)28-18-23(19-29(33-28)27-14-10-11-15-32-27)22-16-24(30(2,3)4)20-25(17-22)31(5,6)7/h8-20H,1-7H3. The van der Waals surface area contributed by atoms with Crippen LogP contribution in [0.3, 0.4) is 0 Å². The minimum Gasteiger partial charge on any atom is -0.255 e. The van der Waals surface area contributed by atoms with Gasteiger partial charge in [0.2, 0.25) is 0 Å². The summed E-state index contributed by atoms with van der Waals surface area (Å²) in [5.41, 5.74) is 10.3. The van der Waals surface area contributed by atoms with E-state index in [1.807, 2.05) is 24.4 Å². The molecule has 2 heteroatoms. The third-order valence-electron chi connectivity index (χ3n) is 6.17. The number of benzene rings is 2. The molecular formula is C31H34N2. The van der Waals surface area contributed by atoms with Gasteiger partial charge in [-0.1, -0.05) is 90.1 Å². The summed E-state index contributed by atoms with van der Waals surface area (Å²) in [5, 5.41) is 0. The van der Waals surface area contributed by atoms with Gasteiger partial charge in [0.1, 0.15) is 0 Å². The quantitative estimate of drug-likeness (QED) is 0.323. The number of hydrogen-bond donors (Lipinski definition) is 0. The molecule has 2 aromatic heterocycles. The fraction of sp³-hybridized carbons (Fsp3) is 0.290. The lowest BCUT2D eigenvalue weighted by molar-refractivity contribution is 0.569. The molecule has 0 bridgehead atoms. The van der Waals surface area contributed by atoms with Crippen molar-refractivity contribution in [1.29, 1.82) is 0 Å². The molecule has 2 aromatic carbocycles. The van der Waals surface area contributed by atoms with Crippen LogP contribution in [0.15, 0.2) is 79.0 Å². The Hall–Kier alpha value is -3.26. The average Bonchev–Trinajstić information content (AvgIpc) is 2.78. The highest BCUT2D eigenvalue weighted by Crippen LogP contribution is 2.36. The van der Waals surface area contributed by atoms with Crippen LogP contribution in [0.2, 0.25) is 0 Å². The summed E-state index contributed by atoms with van der Waals surface area (Å²) < 4.78 is 0. The van der Waals surface area contributed by atoms with E-state index in [0.29, 0.717) is 0 Å². The lowest BCUT2D eigenvalue weighted by Crippen LogP contribution is -2.16. The summed E-state index contributed by atoms with van der Waals surface area (Å²) in [4.78, 5) is 9.63. The van der Waals surface area contributed by atoms with Crippen molar-refractivity contribution in [1.82, 2.24) is 9.97 Å². The summed E-state index contributed by atoms with van der Waals surface area (Å²) >= 11 is 0. The molecule has 2 heterocycles. The van der Waals surface area contributed by atoms with Crippen LogP contribution < -0.4 is 0 Å². The topological polar surface area (TPSA) is 25.8 Å². The largest absolute Gasteiger partial charge is 0.255 e. The molecule has 0 aliphatic rings. The van der Waals surface area contributed by atoms with Crippen LogP contribution in [0.1, 0.15) is 58.2 Å². The number of pyridine rings is 2. The molecule has 0 N–H and O–H groups in total. The van der Waals surface area contributed by atoms with Gasteiger partial charge in [0, 0.05) is 11.8 Å². The molecule has 0 fully saturated rings. The first-order valence-corrected chi connectivity index (χ1v) is 11.7. The summed E-state index contributed by atoms with van der Waals surface area (Å²) in [5.74, 6) is 0. The lowest BCUT2D eigenvalue weighted by Gasteiger charge is -2.26. The molecular weight excluding hydrogens is 400 g/mol. The Morgan fingerprint density at radius 1 is 0.576 bits per heavy atom. The van der Waals surface area contributed by atoms with Gasteiger partial charge in [0.15, 0.2) is 0 Å². The van der Waals surface area contributed by atoms with Crippen LogP contribution in [-0.2, 0) is 10.8 Å². The molecule has 4 rings (SSSR count). The molecule has 0 spiro atoms. The minimum absolute atomic E-state index is 0.0612. The van der Waals surface area contributed by atoms with Crippen molar-refractivity contribution in [2.24, 2.45) is 0 Å². The summed E-state index contributed by atoms with van der Waals surface area (Å²) in [6.45, 7) is 15.8. The van der Waals surface area contributed by atoms with E-state index in [-0.39, 0.29) is 10.8 Å². The second-order valence-electron chi connectivity index (χ2n) is 11.0. The molecule has 168 valence electrons. The maximum atomic E-state index is 5.04. The first-order valence-electron chi connectivity index (χ1n) is 11.7. The van der Waals surface area contributed by atoms with Gasteiger partial charge < -0.3 is 0 Å². The second kappa shape index (κ2) is 8.59. The first kappa shape index (κ1) is 22.9. The molecule has 0 saturated heterocycles. The van der Waals surface area contributed by atoms with Gasteiger partial charge in [-0.05, 0) is 69.8 Å². The van der Waals surface area contributed by atoms with E-state index in [9.17, 15) is 0 Å². The number of aromatic nitrogens is 2. The fourth-order valence-corrected chi connectivity index (χ4v) is 4.00. The maximum Gasteiger partial charge on any atom is 0.0899 e. The molecule has 4 aromatic rings. The molecule has 0 radical (unpaired) electrons. The lowest BCUT2D eigenvalue weighted by atomic mass is 9.79. The van der Waals surface area contributed by atoms with Crippen LogP contribution in [0, 0.1) is 6.92 Å². The van der Waals surface area contributed by atoms with Gasteiger partial charge in [0.25, 0.3) is 0 Å². The Labute approximate surface area is 198 Å². The molecule has 0 aliphatic heterocycles. The van der Waals surface area contributed by atoms with Crippen molar-refractivity contribution in [3.8, 4) is 33.8 Å². The Bertz CT molecular complexity index is 1240. The smallest absolute Gasteiger partial charge is 0.0899 e.